The fraction of sp³-hybridized carbons (Fsp3) is 0. The van der Waals surface area contributed by atoms with Gasteiger partial charge < -0.3 is 4.57 Å². The minimum atomic E-state index is 0.579. The van der Waals surface area contributed by atoms with E-state index in [2.05, 4.69) is 203 Å². The summed E-state index contributed by atoms with van der Waals surface area (Å²) >= 11 is 0. The average molecular weight is 716 g/mol. The van der Waals surface area contributed by atoms with Crippen molar-refractivity contribution in [3.8, 4) is 56.7 Å². The van der Waals surface area contributed by atoms with E-state index < -0.39 is 0 Å². The number of nitrogens with zero attached hydrogens (tertiary/aromatic N) is 5. The second kappa shape index (κ2) is 13.0. The molecule has 0 N–H and O–H groups in total. The van der Waals surface area contributed by atoms with Crippen LogP contribution in [0.25, 0.3) is 100 Å². The van der Waals surface area contributed by atoms with Crippen molar-refractivity contribution in [2.24, 2.45) is 0 Å². The standard InChI is InChI=1S/C51H33N5/c1-3-14-34(15-4-1)35-26-28-36(29-27-35)49-52-50(54-51(53-49)56-46-24-11-7-20-41(46)42-21-8-12-25-47(42)56)39-17-13-16-37(32-39)38-30-31-48-44(33-38)43-22-9-10-23-45(43)55(48)40-18-5-2-6-19-40/h1-33H. The summed E-state index contributed by atoms with van der Waals surface area (Å²) in [5.74, 6) is 1.81. The Morgan fingerprint density at radius 2 is 0.714 bits per heavy atom. The predicted molar refractivity (Wildman–Crippen MR) is 230 cm³/mol. The van der Waals surface area contributed by atoms with Crippen molar-refractivity contribution >= 4 is 43.6 Å². The molecule has 0 amide bonds. The molecule has 11 rings (SSSR count). The quantitative estimate of drug-likeness (QED) is 0.172. The highest BCUT2D eigenvalue weighted by Gasteiger charge is 2.19. The zero-order valence-electron chi connectivity index (χ0n) is 30.3. The van der Waals surface area contributed by atoms with Crippen LogP contribution in [0.4, 0.5) is 0 Å². The summed E-state index contributed by atoms with van der Waals surface area (Å²) in [4.78, 5) is 15.6. The third-order valence-corrected chi connectivity index (χ3v) is 10.8. The molecule has 3 aromatic heterocycles. The Kier molecular flexibility index (Phi) is 7.42. The Hall–Kier alpha value is -7.63. The van der Waals surface area contributed by atoms with E-state index in [1.807, 2.05) is 6.07 Å². The predicted octanol–water partition coefficient (Wildman–Crippen LogP) is 12.7. The van der Waals surface area contributed by atoms with Crippen molar-refractivity contribution < 1.29 is 0 Å². The molecule has 0 radical (unpaired) electrons. The van der Waals surface area contributed by atoms with Crippen molar-refractivity contribution in [2.45, 2.75) is 0 Å². The topological polar surface area (TPSA) is 48.5 Å². The lowest BCUT2D eigenvalue weighted by Crippen LogP contribution is -2.06. The lowest BCUT2D eigenvalue weighted by Gasteiger charge is -2.12. The number of aromatic nitrogens is 5. The Labute approximate surface area is 323 Å². The van der Waals surface area contributed by atoms with Crippen LogP contribution < -0.4 is 0 Å². The molecule has 56 heavy (non-hydrogen) atoms. The minimum absolute atomic E-state index is 0.579. The molecule has 5 heteroatoms. The maximum Gasteiger partial charge on any atom is 0.238 e. The molecule has 0 atom stereocenters. The number of fused-ring (bicyclic) bond motifs is 6. The third-order valence-electron chi connectivity index (χ3n) is 10.8. The summed E-state index contributed by atoms with van der Waals surface area (Å²) < 4.78 is 4.51. The molecule has 0 unspecified atom stereocenters. The molecule has 0 fully saturated rings. The molecule has 0 spiro atoms. The van der Waals surface area contributed by atoms with Crippen LogP contribution in [0.15, 0.2) is 200 Å². The Morgan fingerprint density at radius 3 is 1.39 bits per heavy atom. The van der Waals surface area contributed by atoms with Gasteiger partial charge in [0, 0.05) is 38.4 Å². The average Bonchev–Trinajstić information content (AvgIpc) is 3.80. The van der Waals surface area contributed by atoms with Crippen molar-refractivity contribution in [2.75, 3.05) is 0 Å². The maximum atomic E-state index is 5.24. The lowest BCUT2D eigenvalue weighted by molar-refractivity contribution is 0.953. The van der Waals surface area contributed by atoms with Gasteiger partial charge in [-0.1, -0.05) is 152 Å². The molecule has 0 saturated carbocycles. The number of hydrogen-bond donors (Lipinski definition) is 0. The first kappa shape index (κ1) is 31.9. The lowest BCUT2D eigenvalue weighted by atomic mass is 10.0. The summed E-state index contributed by atoms with van der Waals surface area (Å²) in [6.45, 7) is 0. The molecule has 0 aliphatic carbocycles. The summed E-state index contributed by atoms with van der Waals surface area (Å²) in [6, 6.07) is 70.4. The van der Waals surface area contributed by atoms with Gasteiger partial charge in [0.1, 0.15) is 0 Å². The zero-order valence-corrected chi connectivity index (χ0v) is 30.3. The van der Waals surface area contributed by atoms with Crippen LogP contribution in [0.3, 0.4) is 0 Å². The number of para-hydroxylation sites is 4. The Balaban J connectivity index is 1.08. The summed E-state index contributed by atoms with van der Waals surface area (Å²) in [5.41, 5.74) is 12.0. The van der Waals surface area contributed by atoms with E-state index >= 15 is 0 Å². The second-order valence-corrected chi connectivity index (χ2v) is 14.1. The highest BCUT2D eigenvalue weighted by Crippen LogP contribution is 2.37. The van der Waals surface area contributed by atoms with E-state index in [0.717, 1.165) is 55.3 Å². The molecule has 0 saturated heterocycles. The normalized spacial score (nSPS) is 11.6. The van der Waals surface area contributed by atoms with Gasteiger partial charge in [-0.25, -0.2) is 4.98 Å². The van der Waals surface area contributed by atoms with Gasteiger partial charge >= 0.3 is 0 Å². The maximum absolute atomic E-state index is 5.24. The molecule has 5 nitrogen and oxygen atoms in total. The van der Waals surface area contributed by atoms with E-state index in [0.29, 0.717) is 17.6 Å². The second-order valence-electron chi connectivity index (χ2n) is 14.1. The van der Waals surface area contributed by atoms with Gasteiger partial charge in [0.15, 0.2) is 11.6 Å². The van der Waals surface area contributed by atoms with E-state index in [4.69, 9.17) is 15.0 Å². The van der Waals surface area contributed by atoms with E-state index in [-0.39, 0.29) is 0 Å². The first-order valence-corrected chi connectivity index (χ1v) is 18.9. The third kappa shape index (κ3) is 5.29. The fourth-order valence-electron chi connectivity index (χ4n) is 8.15. The van der Waals surface area contributed by atoms with Gasteiger partial charge in [-0.05, 0) is 70.8 Å². The van der Waals surface area contributed by atoms with Crippen LogP contribution in [-0.2, 0) is 0 Å². The van der Waals surface area contributed by atoms with Gasteiger partial charge in [0.25, 0.3) is 0 Å². The first-order chi connectivity index (χ1) is 27.8. The van der Waals surface area contributed by atoms with Crippen molar-refractivity contribution in [3.05, 3.63) is 200 Å². The van der Waals surface area contributed by atoms with Crippen LogP contribution in [-0.4, -0.2) is 24.1 Å². The largest absolute Gasteiger partial charge is 0.309 e. The van der Waals surface area contributed by atoms with Crippen molar-refractivity contribution in [3.63, 3.8) is 0 Å². The molecular weight excluding hydrogens is 683 g/mol. The summed E-state index contributed by atoms with van der Waals surface area (Å²) in [7, 11) is 0. The molecule has 3 heterocycles. The SMILES string of the molecule is c1ccc(-c2ccc(-c3nc(-c4cccc(-c5ccc6c(c5)c5ccccc5n6-c5ccccc5)c4)nc(-n4c5ccccc5c5ccccc54)n3)cc2)cc1. The summed E-state index contributed by atoms with van der Waals surface area (Å²) in [6.07, 6.45) is 0. The smallest absolute Gasteiger partial charge is 0.238 e. The van der Waals surface area contributed by atoms with Crippen LogP contribution in [0.2, 0.25) is 0 Å². The number of benzene rings is 8. The Morgan fingerprint density at radius 1 is 0.268 bits per heavy atom. The highest BCUT2D eigenvalue weighted by molar-refractivity contribution is 6.11. The van der Waals surface area contributed by atoms with Crippen LogP contribution >= 0.6 is 0 Å². The Bertz CT molecular complexity index is 3180. The molecule has 8 aromatic carbocycles. The van der Waals surface area contributed by atoms with Gasteiger partial charge in [-0.2, -0.15) is 9.97 Å². The van der Waals surface area contributed by atoms with Crippen LogP contribution in [0.1, 0.15) is 0 Å². The molecule has 0 aliphatic rings. The summed E-state index contributed by atoms with van der Waals surface area (Å²) in [5, 5.41) is 4.75. The number of rotatable bonds is 6. The minimum Gasteiger partial charge on any atom is -0.309 e. The van der Waals surface area contributed by atoms with Crippen molar-refractivity contribution in [1.82, 2.24) is 24.1 Å². The van der Waals surface area contributed by atoms with E-state index in [1.165, 1.54) is 27.4 Å². The van der Waals surface area contributed by atoms with Gasteiger partial charge in [-0.15, -0.1) is 0 Å². The first-order valence-electron chi connectivity index (χ1n) is 18.9. The highest BCUT2D eigenvalue weighted by atomic mass is 15.2. The molecule has 0 aliphatic heterocycles. The molecule has 11 aromatic rings. The van der Waals surface area contributed by atoms with E-state index in [1.54, 1.807) is 0 Å². The van der Waals surface area contributed by atoms with E-state index in [9.17, 15) is 0 Å². The fourth-order valence-corrected chi connectivity index (χ4v) is 8.15. The monoisotopic (exact) mass is 715 g/mol. The van der Waals surface area contributed by atoms with Crippen LogP contribution in [0.5, 0.6) is 0 Å². The van der Waals surface area contributed by atoms with Gasteiger partial charge in [0.2, 0.25) is 5.95 Å². The van der Waals surface area contributed by atoms with Crippen molar-refractivity contribution in [1.29, 1.82) is 0 Å². The molecule has 0 bridgehead atoms. The number of hydrogen-bond acceptors (Lipinski definition) is 3. The zero-order chi connectivity index (χ0) is 37.0. The molecule has 262 valence electrons. The van der Waals surface area contributed by atoms with Crippen LogP contribution in [0, 0.1) is 0 Å². The van der Waals surface area contributed by atoms with Gasteiger partial charge in [0.05, 0.1) is 22.1 Å². The van der Waals surface area contributed by atoms with Gasteiger partial charge in [-0.3, -0.25) is 4.57 Å². The molecular formula is C51H33N5.